The number of anilines is 1. The van der Waals surface area contributed by atoms with E-state index in [4.69, 9.17) is 14.2 Å². The van der Waals surface area contributed by atoms with E-state index in [0.717, 1.165) is 12.8 Å². The van der Waals surface area contributed by atoms with Crippen LogP contribution in [0.2, 0.25) is 0 Å². The van der Waals surface area contributed by atoms with Gasteiger partial charge in [-0.15, -0.1) is 0 Å². The van der Waals surface area contributed by atoms with Crippen molar-refractivity contribution in [3.05, 3.63) is 16.9 Å². The minimum absolute atomic E-state index is 0.339. The number of aromatic nitrogens is 1. The summed E-state index contributed by atoms with van der Waals surface area (Å²) in [6.07, 6.45) is 3.39. The largest absolute Gasteiger partial charge is 0.489 e. The molecule has 0 aromatic carbocycles. The van der Waals surface area contributed by atoms with Gasteiger partial charge in [0.1, 0.15) is 10.2 Å². The summed E-state index contributed by atoms with van der Waals surface area (Å²) in [6, 6.07) is 1.69. The Labute approximate surface area is 145 Å². The Morgan fingerprint density at radius 3 is 2.74 bits per heavy atom. The minimum Gasteiger partial charge on any atom is -0.489 e. The van der Waals surface area contributed by atoms with E-state index < -0.39 is 11.7 Å². The first kappa shape index (κ1) is 18.0. The van der Waals surface area contributed by atoms with Crippen LogP contribution < -0.4 is 10.1 Å². The molecule has 128 valence electrons. The number of ether oxygens (including phenoxy) is 3. The van der Waals surface area contributed by atoms with Gasteiger partial charge in [0.25, 0.3) is 0 Å². The molecule has 0 bridgehead atoms. The molecule has 7 heteroatoms. The first-order valence-corrected chi connectivity index (χ1v) is 8.37. The zero-order valence-electron chi connectivity index (χ0n) is 13.9. The van der Waals surface area contributed by atoms with Crippen molar-refractivity contribution >= 4 is 27.7 Å². The highest BCUT2D eigenvalue weighted by Crippen LogP contribution is 2.32. The van der Waals surface area contributed by atoms with Crippen LogP contribution in [0.15, 0.2) is 16.9 Å². The second-order valence-electron chi connectivity index (χ2n) is 6.64. The van der Waals surface area contributed by atoms with Crippen molar-refractivity contribution in [1.82, 2.24) is 4.98 Å². The number of pyridine rings is 1. The van der Waals surface area contributed by atoms with E-state index >= 15 is 0 Å². The molecule has 0 aliphatic heterocycles. The lowest BCUT2D eigenvalue weighted by atomic mass is 9.83. The van der Waals surface area contributed by atoms with Crippen LogP contribution >= 0.6 is 15.9 Å². The lowest BCUT2D eigenvalue weighted by Crippen LogP contribution is -2.34. The predicted octanol–water partition coefficient (Wildman–Crippen LogP) is 3.99. The number of carbonyl (C=O) groups is 1. The summed E-state index contributed by atoms with van der Waals surface area (Å²) < 4.78 is 16.9. The molecule has 0 unspecified atom stereocenters. The van der Waals surface area contributed by atoms with Crippen molar-refractivity contribution in [3.63, 3.8) is 0 Å². The Kier molecular flexibility index (Phi) is 5.86. The summed E-state index contributed by atoms with van der Waals surface area (Å²) in [5.41, 5.74) is -0.0278. The summed E-state index contributed by atoms with van der Waals surface area (Å²) in [5, 5.41) is 2.71. The van der Waals surface area contributed by atoms with Gasteiger partial charge in [-0.3, -0.25) is 5.32 Å². The molecule has 0 radical (unpaired) electrons. The van der Waals surface area contributed by atoms with Gasteiger partial charge in [0.2, 0.25) is 0 Å². The molecular weight excluding hydrogens is 364 g/mol. The average molecular weight is 387 g/mol. The monoisotopic (exact) mass is 386 g/mol. The zero-order chi connectivity index (χ0) is 17.0. The van der Waals surface area contributed by atoms with Crippen LogP contribution in [0.25, 0.3) is 0 Å². The molecule has 1 N–H and O–H groups in total. The molecule has 1 aromatic rings. The Balaban J connectivity index is 1.95. The fourth-order valence-corrected chi connectivity index (χ4v) is 2.59. The molecule has 1 aliphatic carbocycles. The first-order chi connectivity index (χ1) is 10.8. The summed E-state index contributed by atoms with van der Waals surface area (Å²) in [4.78, 5) is 16.1. The van der Waals surface area contributed by atoms with Crippen molar-refractivity contribution in [2.24, 2.45) is 5.92 Å². The highest BCUT2D eigenvalue weighted by Gasteiger charge is 2.29. The summed E-state index contributed by atoms with van der Waals surface area (Å²) in [5.74, 6) is 0.998. The number of nitrogens with zero attached hydrogens (tertiary/aromatic N) is 1. The number of methoxy groups -OCH3 is 1. The van der Waals surface area contributed by atoms with Crippen molar-refractivity contribution in [1.29, 1.82) is 0 Å². The third-order valence-corrected chi connectivity index (χ3v) is 3.90. The minimum atomic E-state index is -0.559. The number of halogens is 1. The van der Waals surface area contributed by atoms with E-state index in [-0.39, 0.29) is 0 Å². The van der Waals surface area contributed by atoms with Crippen LogP contribution in [0, 0.1) is 5.92 Å². The number of amides is 1. The Bertz CT molecular complexity index is 554. The lowest BCUT2D eigenvalue weighted by molar-refractivity contribution is -0.0141. The maximum absolute atomic E-state index is 11.9. The van der Waals surface area contributed by atoms with E-state index in [2.05, 4.69) is 26.2 Å². The van der Waals surface area contributed by atoms with Gasteiger partial charge in [-0.2, -0.15) is 0 Å². The van der Waals surface area contributed by atoms with Gasteiger partial charge in [0, 0.05) is 7.11 Å². The van der Waals surface area contributed by atoms with Crippen molar-refractivity contribution < 1.29 is 19.0 Å². The summed E-state index contributed by atoms with van der Waals surface area (Å²) in [7, 11) is 1.73. The zero-order valence-corrected chi connectivity index (χ0v) is 15.5. The predicted molar refractivity (Wildman–Crippen MR) is 90.8 cm³/mol. The second-order valence-corrected chi connectivity index (χ2v) is 7.45. The van der Waals surface area contributed by atoms with Crippen LogP contribution in [0.5, 0.6) is 5.75 Å². The van der Waals surface area contributed by atoms with E-state index in [0.29, 0.717) is 34.7 Å². The molecule has 1 aliphatic rings. The number of nitrogens with one attached hydrogen (secondary N) is 1. The van der Waals surface area contributed by atoms with E-state index in [1.54, 1.807) is 19.4 Å². The number of hydrogen-bond donors (Lipinski definition) is 1. The molecule has 1 fully saturated rings. The Morgan fingerprint density at radius 2 is 2.13 bits per heavy atom. The van der Waals surface area contributed by atoms with Crippen LogP contribution in [0.3, 0.4) is 0 Å². The maximum atomic E-state index is 11.9. The van der Waals surface area contributed by atoms with Crippen LogP contribution in [0.4, 0.5) is 10.5 Å². The Morgan fingerprint density at radius 1 is 1.43 bits per heavy atom. The molecular formula is C16H23BrN2O4. The molecule has 1 amide bonds. The number of hydrogen-bond acceptors (Lipinski definition) is 5. The van der Waals surface area contributed by atoms with Gasteiger partial charge in [-0.25, -0.2) is 9.78 Å². The van der Waals surface area contributed by atoms with Gasteiger partial charge in [-0.1, -0.05) is 0 Å². The fourth-order valence-electron chi connectivity index (χ4n) is 2.25. The van der Waals surface area contributed by atoms with Gasteiger partial charge in [0.05, 0.1) is 24.6 Å². The van der Waals surface area contributed by atoms with Gasteiger partial charge < -0.3 is 14.2 Å². The van der Waals surface area contributed by atoms with Crippen LogP contribution in [-0.2, 0) is 9.47 Å². The smallest absolute Gasteiger partial charge is 0.412 e. The fraction of sp³-hybridized carbons (Fsp3) is 0.625. The standard InChI is InChI=1S/C16H23BrN2O4/c1-16(2,3)23-15(20)19-12-7-14(17)18-8-13(12)22-9-10-5-11(6-10)21-4/h7-8,10-11H,5-6,9H2,1-4H3,(H,18,19,20). The van der Waals surface area contributed by atoms with E-state index in [1.807, 2.05) is 20.8 Å². The average Bonchev–Trinajstić information content (AvgIpc) is 2.37. The molecule has 0 saturated heterocycles. The molecule has 0 atom stereocenters. The molecule has 23 heavy (non-hydrogen) atoms. The van der Waals surface area contributed by atoms with Gasteiger partial charge >= 0.3 is 6.09 Å². The third-order valence-electron chi connectivity index (χ3n) is 3.47. The van der Waals surface area contributed by atoms with Crippen molar-refractivity contribution in [3.8, 4) is 5.75 Å². The third kappa shape index (κ3) is 5.66. The number of rotatable bonds is 5. The Hall–Kier alpha value is -1.34. The molecule has 1 saturated carbocycles. The highest BCUT2D eigenvalue weighted by atomic mass is 79.9. The quantitative estimate of drug-likeness (QED) is 0.774. The molecule has 2 rings (SSSR count). The maximum Gasteiger partial charge on any atom is 0.412 e. The topological polar surface area (TPSA) is 69.7 Å². The van der Waals surface area contributed by atoms with E-state index in [9.17, 15) is 4.79 Å². The van der Waals surface area contributed by atoms with Crippen molar-refractivity contribution in [2.75, 3.05) is 19.0 Å². The van der Waals surface area contributed by atoms with Gasteiger partial charge in [0.15, 0.2) is 5.75 Å². The normalized spacial score (nSPS) is 20.6. The molecule has 0 spiro atoms. The summed E-state index contributed by atoms with van der Waals surface area (Å²) >= 11 is 3.29. The SMILES string of the molecule is COC1CC(COc2cnc(Br)cc2NC(=O)OC(C)(C)C)C1. The van der Waals surface area contributed by atoms with Crippen molar-refractivity contribution in [2.45, 2.75) is 45.3 Å². The molecule has 1 aromatic heterocycles. The van der Waals surface area contributed by atoms with Crippen LogP contribution in [-0.4, -0.2) is 36.5 Å². The second kappa shape index (κ2) is 7.49. The van der Waals surface area contributed by atoms with Gasteiger partial charge in [-0.05, 0) is 61.5 Å². The molecule has 6 nitrogen and oxygen atoms in total. The highest BCUT2D eigenvalue weighted by molar-refractivity contribution is 9.10. The van der Waals surface area contributed by atoms with Crippen LogP contribution in [0.1, 0.15) is 33.6 Å². The van der Waals surface area contributed by atoms with E-state index in [1.165, 1.54) is 0 Å². The summed E-state index contributed by atoms with van der Waals surface area (Å²) in [6.45, 7) is 6.02. The first-order valence-electron chi connectivity index (χ1n) is 7.58. The number of carbonyl (C=O) groups excluding carboxylic acids is 1. The lowest BCUT2D eigenvalue weighted by Gasteiger charge is -2.33. The molecule has 1 heterocycles.